The Morgan fingerprint density at radius 3 is 2.62 bits per heavy atom. The molecule has 4 N–H and O–H groups in total. The fourth-order valence-electron chi connectivity index (χ4n) is 0.916. The van der Waals surface area contributed by atoms with Gasteiger partial charge in [-0.2, -0.15) is 0 Å². The van der Waals surface area contributed by atoms with Crippen LogP contribution in [0.5, 0.6) is 0 Å². The van der Waals surface area contributed by atoms with E-state index in [0.717, 1.165) is 0 Å². The molecular weight excluding hydrogens is 192 g/mol. The molecule has 0 aromatic carbocycles. The number of hydrogen-bond donors (Lipinski definition) is 2. The van der Waals surface area contributed by atoms with Crippen LogP contribution in [-0.2, 0) is 9.53 Å². The zero-order valence-electron chi connectivity index (χ0n) is 7.88. The molecule has 0 spiro atoms. The zero-order valence-corrected chi connectivity index (χ0v) is 8.64. The largest absolute Gasteiger partial charge is 0.465 e. The van der Waals surface area contributed by atoms with Gasteiger partial charge < -0.3 is 16.2 Å². The third kappa shape index (κ3) is 3.93. The van der Waals surface area contributed by atoms with E-state index in [1.54, 1.807) is 6.92 Å². The summed E-state index contributed by atoms with van der Waals surface area (Å²) in [5.41, 5.74) is 9.99. The average Bonchev–Trinajstić information content (AvgIpc) is 2.14. The van der Waals surface area contributed by atoms with Crippen LogP contribution in [0.15, 0.2) is 0 Å². The third-order valence-corrected chi connectivity index (χ3v) is 2.22. The number of hydrogen-bond acceptors (Lipinski definition) is 4. The first-order valence-electron chi connectivity index (χ1n) is 4.33. The van der Waals surface area contributed by atoms with Crippen LogP contribution in [-0.4, -0.2) is 30.5 Å². The van der Waals surface area contributed by atoms with Gasteiger partial charge in [0.15, 0.2) is 0 Å². The summed E-state index contributed by atoms with van der Waals surface area (Å²) in [4.78, 5) is 11.3. The Hall–Kier alpha value is -0.320. The van der Waals surface area contributed by atoms with Gasteiger partial charge in [0.2, 0.25) is 0 Å². The second-order valence-corrected chi connectivity index (χ2v) is 3.17. The maximum absolute atomic E-state index is 11.3. The van der Waals surface area contributed by atoms with E-state index in [1.807, 2.05) is 0 Å². The van der Waals surface area contributed by atoms with Crippen LogP contribution in [0.3, 0.4) is 0 Å². The Kier molecular flexibility index (Phi) is 6.03. The first kappa shape index (κ1) is 12.7. The molecule has 0 aromatic rings. The minimum atomic E-state index is -1.07. The molecule has 0 aliphatic heterocycles. The molecule has 0 aromatic heterocycles. The summed E-state index contributed by atoms with van der Waals surface area (Å²) < 4.78 is 4.81. The van der Waals surface area contributed by atoms with Gasteiger partial charge in [-0.05, 0) is 26.3 Å². The van der Waals surface area contributed by atoms with Crippen molar-refractivity contribution in [3.8, 4) is 0 Å². The summed E-state index contributed by atoms with van der Waals surface area (Å²) in [6.45, 7) is 2.54. The quantitative estimate of drug-likeness (QED) is 0.484. The number of alkyl halides is 1. The highest BCUT2D eigenvalue weighted by Crippen LogP contribution is 2.13. The van der Waals surface area contributed by atoms with Crippen LogP contribution in [0.25, 0.3) is 0 Å². The SMILES string of the molecule is CCOC(=O)C(N)(CCl)CCCN. The Balaban J connectivity index is 4.16. The monoisotopic (exact) mass is 208 g/mol. The van der Waals surface area contributed by atoms with Gasteiger partial charge in [-0.1, -0.05) is 0 Å². The van der Waals surface area contributed by atoms with E-state index in [0.29, 0.717) is 26.0 Å². The molecule has 78 valence electrons. The molecule has 0 saturated heterocycles. The summed E-state index contributed by atoms with van der Waals surface area (Å²) in [5.74, 6) is -0.385. The molecule has 5 heteroatoms. The Morgan fingerprint density at radius 1 is 1.62 bits per heavy atom. The number of esters is 1. The number of nitrogens with two attached hydrogens (primary N) is 2. The highest BCUT2D eigenvalue weighted by Gasteiger charge is 2.33. The van der Waals surface area contributed by atoms with Crippen LogP contribution in [0.1, 0.15) is 19.8 Å². The molecule has 0 amide bonds. The maximum Gasteiger partial charge on any atom is 0.327 e. The highest BCUT2D eigenvalue weighted by molar-refractivity contribution is 6.20. The summed E-state index contributed by atoms with van der Waals surface area (Å²) in [6.07, 6.45) is 1.13. The fraction of sp³-hybridized carbons (Fsp3) is 0.875. The highest BCUT2D eigenvalue weighted by atomic mass is 35.5. The Morgan fingerprint density at radius 2 is 2.23 bits per heavy atom. The first-order chi connectivity index (χ1) is 6.10. The van der Waals surface area contributed by atoms with Gasteiger partial charge in [0.1, 0.15) is 5.54 Å². The molecule has 0 fully saturated rings. The van der Waals surface area contributed by atoms with Gasteiger partial charge in [-0.3, -0.25) is 4.79 Å². The molecule has 0 saturated carbocycles. The van der Waals surface area contributed by atoms with E-state index >= 15 is 0 Å². The fourth-order valence-corrected chi connectivity index (χ4v) is 1.16. The number of rotatable bonds is 6. The van der Waals surface area contributed by atoms with Crippen molar-refractivity contribution in [2.24, 2.45) is 11.5 Å². The van der Waals surface area contributed by atoms with E-state index in [-0.39, 0.29) is 5.88 Å². The third-order valence-electron chi connectivity index (χ3n) is 1.75. The summed E-state index contributed by atoms with van der Waals surface area (Å²) in [5, 5.41) is 0. The standard InChI is InChI=1S/C8H17ClN2O2/c1-2-13-7(12)8(11,6-9)4-3-5-10/h2-6,10-11H2,1H3. The van der Waals surface area contributed by atoms with Crippen LogP contribution in [0, 0.1) is 0 Å². The summed E-state index contributed by atoms with van der Waals surface area (Å²) in [7, 11) is 0. The number of carbonyl (C=O) groups excluding carboxylic acids is 1. The Labute approximate surface area is 83.6 Å². The van der Waals surface area contributed by atoms with Crippen molar-refractivity contribution in [3.63, 3.8) is 0 Å². The smallest absolute Gasteiger partial charge is 0.327 e. The van der Waals surface area contributed by atoms with Crippen LogP contribution < -0.4 is 11.5 Å². The molecule has 4 nitrogen and oxygen atoms in total. The second-order valence-electron chi connectivity index (χ2n) is 2.90. The van der Waals surface area contributed by atoms with Gasteiger partial charge in [0.25, 0.3) is 0 Å². The first-order valence-corrected chi connectivity index (χ1v) is 4.86. The molecule has 0 heterocycles. The van der Waals surface area contributed by atoms with Gasteiger partial charge in [0.05, 0.1) is 12.5 Å². The van der Waals surface area contributed by atoms with Gasteiger partial charge in [-0.15, -0.1) is 11.6 Å². The number of carbonyl (C=O) groups is 1. The summed E-state index contributed by atoms with van der Waals surface area (Å²) in [6, 6.07) is 0. The van der Waals surface area contributed by atoms with E-state index in [4.69, 9.17) is 27.8 Å². The van der Waals surface area contributed by atoms with Crippen molar-refractivity contribution >= 4 is 17.6 Å². The molecule has 1 atom stereocenters. The zero-order chi connectivity index (χ0) is 10.3. The lowest BCUT2D eigenvalue weighted by atomic mass is 9.97. The van der Waals surface area contributed by atoms with Crippen molar-refractivity contribution in [3.05, 3.63) is 0 Å². The predicted molar refractivity (Wildman–Crippen MR) is 52.6 cm³/mol. The minimum Gasteiger partial charge on any atom is -0.465 e. The molecule has 13 heavy (non-hydrogen) atoms. The Bertz CT molecular complexity index is 166. The lowest BCUT2D eigenvalue weighted by molar-refractivity contribution is -0.149. The van der Waals surface area contributed by atoms with E-state index < -0.39 is 11.5 Å². The van der Waals surface area contributed by atoms with Crippen molar-refractivity contribution in [1.29, 1.82) is 0 Å². The maximum atomic E-state index is 11.3. The lowest BCUT2D eigenvalue weighted by Gasteiger charge is -2.24. The van der Waals surface area contributed by atoms with Gasteiger partial charge in [-0.25, -0.2) is 0 Å². The van der Waals surface area contributed by atoms with Gasteiger partial charge >= 0.3 is 5.97 Å². The van der Waals surface area contributed by atoms with E-state index in [2.05, 4.69) is 0 Å². The van der Waals surface area contributed by atoms with E-state index in [1.165, 1.54) is 0 Å². The molecular formula is C8H17ClN2O2. The topological polar surface area (TPSA) is 78.3 Å². The molecule has 0 aliphatic rings. The van der Waals surface area contributed by atoms with Crippen molar-refractivity contribution in [1.82, 2.24) is 0 Å². The second kappa shape index (κ2) is 6.18. The molecule has 1 unspecified atom stereocenters. The van der Waals surface area contributed by atoms with Crippen LogP contribution in [0.2, 0.25) is 0 Å². The molecule has 0 radical (unpaired) electrons. The number of halogens is 1. The van der Waals surface area contributed by atoms with Crippen molar-refractivity contribution in [2.75, 3.05) is 19.0 Å². The van der Waals surface area contributed by atoms with Crippen molar-refractivity contribution < 1.29 is 9.53 Å². The van der Waals surface area contributed by atoms with Crippen molar-refractivity contribution in [2.45, 2.75) is 25.3 Å². The van der Waals surface area contributed by atoms with Crippen LogP contribution >= 0.6 is 11.6 Å². The average molecular weight is 209 g/mol. The van der Waals surface area contributed by atoms with Crippen LogP contribution in [0.4, 0.5) is 0 Å². The molecule has 0 bridgehead atoms. The summed E-state index contributed by atoms with van der Waals surface area (Å²) >= 11 is 5.61. The normalized spacial score (nSPS) is 15.1. The number of ether oxygens (including phenoxy) is 1. The molecule has 0 aliphatic carbocycles. The lowest BCUT2D eigenvalue weighted by Crippen LogP contribution is -2.51. The molecule has 0 rings (SSSR count). The minimum absolute atomic E-state index is 0.0613. The van der Waals surface area contributed by atoms with E-state index in [9.17, 15) is 4.79 Å². The van der Waals surface area contributed by atoms with Gasteiger partial charge in [0, 0.05) is 0 Å². The predicted octanol–water partition coefficient (Wildman–Crippen LogP) is 0.225.